The van der Waals surface area contributed by atoms with Crippen molar-refractivity contribution in [3.05, 3.63) is 29.8 Å². The molecule has 2 heteroatoms. The molecule has 0 spiro atoms. The van der Waals surface area contributed by atoms with Crippen LogP contribution in [0.25, 0.3) is 0 Å². The SMILES string of the molecule is C#CCOc1ccccc1C=NC(C)(C)C. The van der Waals surface area contributed by atoms with E-state index >= 15 is 0 Å². The predicted molar refractivity (Wildman–Crippen MR) is 68.1 cm³/mol. The van der Waals surface area contributed by atoms with Crippen LogP contribution < -0.4 is 4.74 Å². The maximum absolute atomic E-state index is 5.42. The average Bonchev–Trinajstić information content (AvgIpc) is 2.23. The zero-order valence-electron chi connectivity index (χ0n) is 10.0. The number of ether oxygens (including phenoxy) is 1. The molecule has 2 nitrogen and oxygen atoms in total. The van der Waals surface area contributed by atoms with E-state index in [4.69, 9.17) is 11.2 Å². The lowest BCUT2D eigenvalue weighted by atomic mass is 10.1. The van der Waals surface area contributed by atoms with Crippen molar-refractivity contribution in [3.8, 4) is 18.1 Å². The average molecular weight is 215 g/mol. The molecule has 0 fully saturated rings. The smallest absolute Gasteiger partial charge is 0.148 e. The number of benzene rings is 1. The van der Waals surface area contributed by atoms with Crippen molar-refractivity contribution in [3.63, 3.8) is 0 Å². The van der Waals surface area contributed by atoms with Crippen LogP contribution in [0.15, 0.2) is 29.3 Å². The zero-order valence-corrected chi connectivity index (χ0v) is 10.0. The Hall–Kier alpha value is -1.75. The first-order valence-corrected chi connectivity index (χ1v) is 5.23. The van der Waals surface area contributed by atoms with Crippen LogP contribution in [0.5, 0.6) is 5.75 Å². The maximum Gasteiger partial charge on any atom is 0.148 e. The molecule has 1 aromatic carbocycles. The Morgan fingerprint density at radius 2 is 2.06 bits per heavy atom. The fourth-order valence-electron chi connectivity index (χ4n) is 1.10. The van der Waals surface area contributed by atoms with Crippen LogP contribution in [0.1, 0.15) is 26.3 Å². The Morgan fingerprint density at radius 3 is 2.69 bits per heavy atom. The summed E-state index contributed by atoms with van der Waals surface area (Å²) in [6.45, 7) is 6.43. The summed E-state index contributed by atoms with van der Waals surface area (Å²) in [7, 11) is 0. The molecule has 0 heterocycles. The first-order chi connectivity index (χ1) is 7.53. The van der Waals surface area contributed by atoms with Crippen molar-refractivity contribution in [2.45, 2.75) is 26.3 Å². The Balaban J connectivity index is 2.87. The number of rotatable bonds is 3. The maximum atomic E-state index is 5.42. The summed E-state index contributed by atoms with van der Waals surface area (Å²) in [5.41, 5.74) is 0.867. The number of nitrogens with zero attached hydrogens (tertiary/aromatic N) is 1. The van der Waals surface area contributed by atoms with Gasteiger partial charge in [-0.1, -0.05) is 18.1 Å². The quantitative estimate of drug-likeness (QED) is 0.561. The predicted octanol–water partition coefficient (Wildman–Crippen LogP) is 2.92. The summed E-state index contributed by atoms with van der Waals surface area (Å²) in [5.74, 6) is 3.22. The van der Waals surface area contributed by atoms with E-state index in [0.29, 0.717) is 0 Å². The van der Waals surface area contributed by atoms with E-state index in [1.54, 1.807) is 0 Å². The van der Waals surface area contributed by atoms with Crippen molar-refractivity contribution >= 4 is 6.21 Å². The molecule has 0 radical (unpaired) electrons. The van der Waals surface area contributed by atoms with Gasteiger partial charge < -0.3 is 4.74 Å². The van der Waals surface area contributed by atoms with Crippen molar-refractivity contribution < 1.29 is 4.74 Å². The molecular weight excluding hydrogens is 198 g/mol. The first-order valence-electron chi connectivity index (χ1n) is 5.23. The molecule has 0 amide bonds. The molecule has 0 atom stereocenters. The van der Waals surface area contributed by atoms with E-state index in [0.717, 1.165) is 11.3 Å². The molecule has 0 aliphatic heterocycles. The molecule has 0 saturated carbocycles. The fraction of sp³-hybridized carbons (Fsp3) is 0.357. The molecule has 0 aromatic heterocycles. The minimum atomic E-state index is -0.0841. The van der Waals surface area contributed by atoms with Gasteiger partial charge in [0, 0.05) is 11.8 Å². The second kappa shape index (κ2) is 5.37. The Kier molecular flexibility index (Phi) is 4.13. The highest BCUT2D eigenvalue weighted by molar-refractivity contribution is 5.83. The van der Waals surface area contributed by atoms with E-state index in [1.165, 1.54) is 0 Å². The van der Waals surface area contributed by atoms with E-state index in [-0.39, 0.29) is 12.1 Å². The molecule has 1 aromatic rings. The van der Waals surface area contributed by atoms with Gasteiger partial charge in [0.2, 0.25) is 0 Å². The Bertz CT molecular complexity index is 407. The summed E-state index contributed by atoms with van der Waals surface area (Å²) in [6, 6.07) is 7.72. The number of terminal acetylenes is 1. The Labute approximate surface area is 97.4 Å². The molecule has 16 heavy (non-hydrogen) atoms. The summed E-state index contributed by atoms with van der Waals surface area (Å²) in [5, 5.41) is 0. The molecule has 0 saturated heterocycles. The number of aliphatic imine (C=N–C) groups is 1. The third-order valence-corrected chi connectivity index (χ3v) is 1.82. The van der Waals surface area contributed by atoms with Crippen molar-refractivity contribution in [1.82, 2.24) is 0 Å². The highest BCUT2D eigenvalue weighted by Crippen LogP contribution is 2.17. The number of hydrogen-bond acceptors (Lipinski definition) is 2. The van der Waals surface area contributed by atoms with Gasteiger partial charge in [0.15, 0.2) is 0 Å². The minimum absolute atomic E-state index is 0.0841. The van der Waals surface area contributed by atoms with Gasteiger partial charge in [-0.2, -0.15) is 0 Å². The third kappa shape index (κ3) is 4.18. The summed E-state index contributed by atoms with van der Waals surface area (Å²) >= 11 is 0. The van der Waals surface area contributed by atoms with Gasteiger partial charge in [-0.15, -0.1) is 6.42 Å². The van der Waals surface area contributed by atoms with Crippen LogP contribution in [0, 0.1) is 12.3 Å². The van der Waals surface area contributed by atoms with Crippen molar-refractivity contribution in [2.75, 3.05) is 6.61 Å². The van der Waals surface area contributed by atoms with Crippen molar-refractivity contribution in [2.24, 2.45) is 4.99 Å². The second-order valence-corrected chi connectivity index (χ2v) is 4.46. The number of hydrogen-bond donors (Lipinski definition) is 0. The van der Waals surface area contributed by atoms with Crippen LogP contribution in [0.4, 0.5) is 0 Å². The molecule has 1 rings (SSSR count). The van der Waals surface area contributed by atoms with Crippen LogP contribution in [0.2, 0.25) is 0 Å². The summed E-state index contributed by atoms with van der Waals surface area (Å²) < 4.78 is 5.42. The van der Waals surface area contributed by atoms with Gasteiger partial charge in [0.25, 0.3) is 0 Å². The van der Waals surface area contributed by atoms with E-state index in [1.807, 2.05) is 30.5 Å². The lowest BCUT2D eigenvalue weighted by Crippen LogP contribution is -2.10. The highest BCUT2D eigenvalue weighted by Gasteiger charge is 2.06. The van der Waals surface area contributed by atoms with Crippen LogP contribution in [0.3, 0.4) is 0 Å². The minimum Gasteiger partial charge on any atom is -0.480 e. The molecule has 0 aliphatic carbocycles. The number of para-hydroxylation sites is 1. The van der Waals surface area contributed by atoms with Gasteiger partial charge in [0.05, 0.1) is 5.54 Å². The Morgan fingerprint density at radius 1 is 1.38 bits per heavy atom. The third-order valence-electron chi connectivity index (χ3n) is 1.82. The lowest BCUT2D eigenvalue weighted by molar-refractivity contribution is 0.370. The standard InChI is InChI=1S/C14H17NO/c1-5-10-16-13-9-7-6-8-12(13)11-15-14(2,3)4/h1,6-9,11H,10H2,2-4H3. The summed E-state index contributed by atoms with van der Waals surface area (Å²) in [4.78, 5) is 4.44. The molecule has 0 N–H and O–H groups in total. The topological polar surface area (TPSA) is 21.6 Å². The van der Waals surface area contributed by atoms with Crippen LogP contribution in [-0.4, -0.2) is 18.4 Å². The second-order valence-electron chi connectivity index (χ2n) is 4.46. The van der Waals surface area contributed by atoms with Gasteiger partial charge in [-0.05, 0) is 32.9 Å². The lowest BCUT2D eigenvalue weighted by Gasteiger charge is -2.12. The van der Waals surface area contributed by atoms with E-state index in [9.17, 15) is 0 Å². The van der Waals surface area contributed by atoms with Gasteiger partial charge in [-0.25, -0.2) is 0 Å². The molecule has 0 bridgehead atoms. The summed E-state index contributed by atoms with van der Waals surface area (Å²) in [6.07, 6.45) is 6.99. The van der Waals surface area contributed by atoms with E-state index < -0.39 is 0 Å². The highest BCUT2D eigenvalue weighted by atomic mass is 16.5. The first kappa shape index (κ1) is 12.3. The largest absolute Gasteiger partial charge is 0.480 e. The van der Waals surface area contributed by atoms with Gasteiger partial charge >= 0.3 is 0 Å². The molecule has 84 valence electrons. The van der Waals surface area contributed by atoms with E-state index in [2.05, 4.69) is 31.7 Å². The van der Waals surface area contributed by atoms with Gasteiger partial charge in [-0.3, -0.25) is 4.99 Å². The van der Waals surface area contributed by atoms with Crippen molar-refractivity contribution in [1.29, 1.82) is 0 Å². The molecular formula is C14H17NO. The normalized spacial score (nSPS) is 11.4. The van der Waals surface area contributed by atoms with Crippen LogP contribution in [-0.2, 0) is 0 Å². The fourth-order valence-corrected chi connectivity index (χ4v) is 1.10. The monoisotopic (exact) mass is 215 g/mol. The van der Waals surface area contributed by atoms with Crippen LogP contribution >= 0.6 is 0 Å². The molecule has 0 unspecified atom stereocenters. The van der Waals surface area contributed by atoms with Gasteiger partial charge in [0.1, 0.15) is 12.4 Å². The molecule has 0 aliphatic rings. The zero-order chi connectivity index (χ0) is 12.0.